The number of rotatable bonds is 6. The van der Waals surface area contributed by atoms with Gasteiger partial charge in [-0.3, -0.25) is 9.59 Å². The molecule has 0 bridgehead atoms. The van der Waals surface area contributed by atoms with Crippen LogP contribution in [0.15, 0.2) is 6.07 Å². The molecule has 1 aromatic heterocycles. The molecule has 0 saturated carbocycles. The minimum Gasteiger partial charge on any atom is -0.481 e. The Morgan fingerprint density at radius 3 is 2.58 bits per heavy atom. The molecule has 0 saturated heterocycles. The molecule has 0 fully saturated rings. The molecule has 1 atom stereocenters. The van der Waals surface area contributed by atoms with Gasteiger partial charge in [0.05, 0.1) is 12.1 Å². The Morgan fingerprint density at radius 2 is 2.16 bits per heavy atom. The molecular formula is C12H20N4O3. The summed E-state index contributed by atoms with van der Waals surface area (Å²) in [6, 6.07) is 1.27. The predicted molar refractivity (Wildman–Crippen MR) is 70.4 cm³/mol. The van der Waals surface area contributed by atoms with Crippen LogP contribution in [0.5, 0.6) is 0 Å². The minimum absolute atomic E-state index is 0.0114. The van der Waals surface area contributed by atoms with Gasteiger partial charge in [0, 0.05) is 12.1 Å². The van der Waals surface area contributed by atoms with Crippen molar-refractivity contribution in [1.82, 2.24) is 15.1 Å². The number of aryl methyl sites for hydroxylation is 1. The molecular weight excluding hydrogens is 248 g/mol. The van der Waals surface area contributed by atoms with Gasteiger partial charge >= 0.3 is 5.97 Å². The lowest BCUT2D eigenvalue weighted by molar-refractivity contribution is -0.138. The number of anilines is 1. The molecule has 0 unspecified atom stereocenters. The third kappa shape index (κ3) is 4.61. The zero-order valence-electron chi connectivity index (χ0n) is 11.4. The summed E-state index contributed by atoms with van der Waals surface area (Å²) in [4.78, 5) is 22.6. The van der Waals surface area contributed by atoms with Crippen LogP contribution in [0, 0.1) is 12.8 Å². The van der Waals surface area contributed by atoms with Crippen molar-refractivity contribution in [2.45, 2.75) is 39.8 Å². The van der Waals surface area contributed by atoms with E-state index in [1.807, 2.05) is 13.8 Å². The van der Waals surface area contributed by atoms with Crippen LogP contribution in [0.1, 0.15) is 26.0 Å². The number of hydrogen-bond acceptors (Lipinski definition) is 4. The van der Waals surface area contributed by atoms with E-state index in [0.29, 0.717) is 5.82 Å². The van der Waals surface area contributed by atoms with Crippen molar-refractivity contribution >= 4 is 17.7 Å². The van der Waals surface area contributed by atoms with E-state index in [9.17, 15) is 9.59 Å². The van der Waals surface area contributed by atoms with Crippen LogP contribution in [0.2, 0.25) is 0 Å². The van der Waals surface area contributed by atoms with Gasteiger partial charge in [0.2, 0.25) is 5.91 Å². The van der Waals surface area contributed by atoms with Crippen LogP contribution in [0.25, 0.3) is 0 Å². The Kier molecular flexibility index (Phi) is 4.91. The maximum absolute atomic E-state index is 11.8. The Labute approximate surface area is 111 Å². The highest BCUT2D eigenvalue weighted by Crippen LogP contribution is 2.08. The number of nitrogens with zero attached hydrogens (tertiary/aromatic N) is 2. The molecule has 0 aromatic carbocycles. The van der Waals surface area contributed by atoms with Gasteiger partial charge in [-0.15, -0.1) is 0 Å². The van der Waals surface area contributed by atoms with Crippen LogP contribution in [-0.4, -0.2) is 32.8 Å². The normalized spacial score (nSPS) is 12.4. The molecule has 1 amide bonds. The van der Waals surface area contributed by atoms with E-state index in [0.717, 1.165) is 5.69 Å². The van der Waals surface area contributed by atoms with Crippen molar-refractivity contribution < 1.29 is 14.7 Å². The molecule has 1 heterocycles. The number of nitrogen functional groups attached to an aromatic ring is 1. The van der Waals surface area contributed by atoms with Gasteiger partial charge in [-0.25, -0.2) is 4.68 Å². The highest BCUT2D eigenvalue weighted by Gasteiger charge is 2.20. The lowest BCUT2D eigenvalue weighted by Crippen LogP contribution is -2.41. The first kappa shape index (κ1) is 15.0. The molecule has 0 aliphatic heterocycles. The molecule has 4 N–H and O–H groups in total. The van der Waals surface area contributed by atoms with Crippen molar-refractivity contribution in [3.63, 3.8) is 0 Å². The summed E-state index contributed by atoms with van der Waals surface area (Å²) in [6.45, 7) is 5.50. The smallest absolute Gasteiger partial charge is 0.305 e. The molecule has 7 heteroatoms. The molecule has 1 aromatic rings. The fraction of sp³-hybridized carbons (Fsp3) is 0.583. The Morgan fingerprint density at radius 1 is 1.53 bits per heavy atom. The average molecular weight is 268 g/mol. The summed E-state index contributed by atoms with van der Waals surface area (Å²) in [5.74, 6) is -0.785. The minimum atomic E-state index is -0.937. The van der Waals surface area contributed by atoms with E-state index < -0.39 is 12.0 Å². The number of nitrogens with one attached hydrogen (secondary N) is 1. The first-order valence-corrected chi connectivity index (χ1v) is 6.10. The number of carbonyl (C=O) groups is 2. The maximum atomic E-state index is 11.8. The van der Waals surface area contributed by atoms with Crippen molar-refractivity contribution in [3.05, 3.63) is 11.8 Å². The molecule has 106 valence electrons. The molecule has 19 heavy (non-hydrogen) atoms. The second-order valence-electron chi connectivity index (χ2n) is 4.88. The second-order valence-corrected chi connectivity index (χ2v) is 4.88. The fourth-order valence-corrected chi connectivity index (χ4v) is 1.72. The third-order valence-corrected chi connectivity index (χ3v) is 2.77. The quantitative estimate of drug-likeness (QED) is 0.691. The zero-order valence-corrected chi connectivity index (χ0v) is 11.4. The van der Waals surface area contributed by atoms with Crippen LogP contribution >= 0.6 is 0 Å². The van der Waals surface area contributed by atoms with E-state index in [-0.39, 0.29) is 24.8 Å². The summed E-state index contributed by atoms with van der Waals surface area (Å²) in [6.07, 6.45) is -0.100. The number of amides is 1. The zero-order chi connectivity index (χ0) is 14.6. The standard InChI is InChI=1S/C12H20N4O3/c1-7(2)9(5-12(18)19)14-11(17)6-16-10(13)4-8(3)15-16/h4,7,9H,5-6,13H2,1-3H3,(H,14,17)(H,18,19)/t9-/m1/s1. The number of aromatic nitrogens is 2. The SMILES string of the molecule is Cc1cc(N)n(CC(=O)N[C@H](CC(=O)O)C(C)C)n1. The largest absolute Gasteiger partial charge is 0.481 e. The summed E-state index contributed by atoms with van der Waals surface area (Å²) in [5.41, 5.74) is 6.42. The maximum Gasteiger partial charge on any atom is 0.305 e. The highest BCUT2D eigenvalue weighted by atomic mass is 16.4. The molecule has 7 nitrogen and oxygen atoms in total. The van der Waals surface area contributed by atoms with Crippen molar-refractivity contribution in [1.29, 1.82) is 0 Å². The first-order valence-electron chi connectivity index (χ1n) is 6.10. The van der Waals surface area contributed by atoms with Gasteiger partial charge in [-0.2, -0.15) is 5.10 Å². The third-order valence-electron chi connectivity index (χ3n) is 2.77. The lowest BCUT2D eigenvalue weighted by atomic mass is 10.0. The number of carbonyl (C=O) groups excluding carboxylic acids is 1. The lowest BCUT2D eigenvalue weighted by Gasteiger charge is -2.20. The van der Waals surface area contributed by atoms with Gasteiger partial charge in [-0.1, -0.05) is 13.8 Å². The van der Waals surface area contributed by atoms with E-state index in [2.05, 4.69) is 10.4 Å². The predicted octanol–water partition coefficient (Wildman–Crippen LogP) is 0.389. The molecule has 0 aliphatic rings. The van der Waals surface area contributed by atoms with Crippen molar-refractivity contribution in [2.75, 3.05) is 5.73 Å². The Hall–Kier alpha value is -2.05. The average Bonchev–Trinajstić information content (AvgIpc) is 2.55. The molecule has 0 radical (unpaired) electrons. The van der Waals surface area contributed by atoms with Gasteiger partial charge in [0.25, 0.3) is 0 Å². The van der Waals surface area contributed by atoms with Gasteiger partial charge in [0.1, 0.15) is 12.4 Å². The topological polar surface area (TPSA) is 110 Å². The molecule has 1 rings (SSSR count). The fourth-order valence-electron chi connectivity index (χ4n) is 1.72. The summed E-state index contributed by atoms with van der Waals surface area (Å²) < 4.78 is 1.39. The number of aliphatic carboxylic acids is 1. The van der Waals surface area contributed by atoms with E-state index >= 15 is 0 Å². The van der Waals surface area contributed by atoms with Crippen molar-refractivity contribution in [2.24, 2.45) is 5.92 Å². The monoisotopic (exact) mass is 268 g/mol. The van der Waals surface area contributed by atoms with Gasteiger partial charge in [-0.05, 0) is 12.8 Å². The van der Waals surface area contributed by atoms with Gasteiger partial charge < -0.3 is 16.2 Å². The first-order chi connectivity index (χ1) is 8.79. The van der Waals surface area contributed by atoms with E-state index in [4.69, 9.17) is 10.8 Å². The summed E-state index contributed by atoms with van der Waals surface area (Å²) >= 11 is 0. The summed E-state index contributed by atoms with van der Waals surface area (Å²) in [7, 11) is 0. The van der Waals surface area contributed by atoms with Gasteiger partial charge in [0.15, 0.2) is 0 Å². The highest BCUT2D eigenvalue weighted by molar-refractivity contribution is 5.77. The van der Waals surface area contributed by atoms with Crippen LogP contribution < -0.4 is 11.1 Å². The molecule has 0 aliphatic carbocycles. The van der Waals surface area contributed by atoms with Crippen LogP contribution in [0.4, 0.5) is 5.82 Å². The van der Waals surface area contributed by atoms with Crippen LogP contribution in [0.3, 0.4) is 0 Å². The number of carboxylic acids is 1. The van der Waals surface area contributed by atoms with E-state index in [1.165, 1.54) is 4.68 Å². The molecule has 0 spiro atoms. The number of hydrogen-bond donors (Lipinski definition) is 3. The Balaban J connectivity index is 2.62. The summed E-state index contributed by atoms with van der Waals surface area (Å²) in [5, 5.41) is 15.6. The van der Waals surface area contributed by atoms with Crippen molar-refractivity contribution in [3.8, 4) is 0 Å². The van der Waals surface area contributed by atoms with Crippen LogP contribution in [-0.2, 0) is 16.1 Å². The van der Waals surface area contributed by atoms with E-state index in [1.54, 1.807) is 13.0 Å². The second kappa shape index (κ2) is 6.21. The number of carboxylic acid groups (broad SMARTS) is 1. The Bertz CT molecular complexity index is 468. The number of nitrogens with two attached hydrogens (primary N) is 1.